The van der Waals surface area contributed by atoms with Crippen molar-refractivity contribution < 1.29 is 9.53 Å². The van der Waals surface area contributed by atoms with E-state index in [1.54, 1.807) is 12.0 Å². The van der Waals surface area contributed by atoms with Crippen molar-refractivity contribution >= 4 is 29.0 Å². The topological polar surface area (TPSA) is 41.6 Å². The molecule has 3 aromatic rings. The third-order valence-corrected chi connectivity index (χ3v) is 4.96. The Morgan fingerprint density at radius 1 is 0.929 bits per heavy atom. The SMILES string of the molecule is COc1ccc(N2C(=O)NC(c3ccccc3)=CC2c2ccc(Cl)cc2)cc1. The van der Waals surface area contributed by atoms with Crippen LogP contribution in [0.4, 0.5) is 10.5 Å². The standard InChI is InChI=1S/C23H19ClN2O2/c1-28-20-13-11-19(12-14-20)26-22(17-7-9-18(24)10-8-17)15-21(25-23(26)27)16-5-3-2-4-6-16/h2-15,22H,1H3,(H,25,27). The summed E-state index contributed by atoms with van der Waals surface area (Å²) in [6.45, 7) is 0. The van der Waals surface area contributed by atoms with Gasteiger partial charge in [-0.1, -0.05) is 54.1 Å². The molecule has 1 aliphatic rings. The molecule has 0 radical (unpaired) electrons. The first kappa shape index (κ1) is 18.1. The quantitative estimate of drug-likeness (QED) is 0.624. The van der Waals surface area contributed by atoms with Gasteiger partial charge in [-0.2, -0.15) is 0 Å². The highest BCUT2D eigenvalue weighted by molar-refractivity contribution is 6.30. The van der Waals surface area contributed by atoms with E-state index < -0.39 is 0 Å². The molecule has 0 aromatic heterocycles. The van der Waals surface area contributed by atoms with Crippen molar-refractivity contribution in [1.29, 1.82) is 0 Å². The van der Waals surface area contributed by atoms with Crippen molar-refractivity contribution in [2.45, 2.75) is 6.04 Å². The van der Waals surface area contributed by atoms with Gasteiger partial charge in [-0.05, 0) is 53.6 Å². The maximum absolute atomic E-state index is 13.1. The Bertz CT molecular complexity index is 999. The summed E-state index contributed by atoms with van der Waals surface area (Å²) in [4.78, 5) is 14.8. The van der Waals surface area contributed by atoms with Gasteiger partial charge in [-0.3, -0.25) is 4.90 Å². The molecule has 4 nitrogen and oxygen atoms in total. The van der Waals surface area contributed by atoms with Crippen LogP contribution in [-0.2, 0) is 0 Å². The van der Waals surface area contributed by atoms with Crippen molar-refractivity contribution in [2.75, 3.05) is 12.0 Å². The molecule has 1 aliphatic heterocycles. The number of hydrogen-bond acceptors (Lipinski definition) is 2. The number of ether oxygens (including phenoxy) is 1. The highest BCUT2D eigenvalue weighted by Crippen LogP contribution is 2.35. The lowest BCUT2D eigenvalue weighted by molar-refractivity contribution is 0.247. The van der Waals surface area contributed by atoms with E-state index in [1.165, 1.54) is 0 Å². The second-order valence-electron chi connectivity index (χ2n) is 6.44. The van der Waals surface area contributed by atoms with Crippen LogP contribution >= 0.6 is 11.6 Å². The molecule has 0 fully saturated rings. The number of halogens is 1. The zero-order chi connectivity index (χ0) is 19.5. The second kappa shape index (κ2) is 7.79. The van der Waals surface area contributed by atoms with Gasteiger partial charge in [0.05, 0.1) is 13.2 Å². The van der Waals surface area contributed by atoms with E-state index in [2.05, 4.69) is 11.4 Å². The third-order valence-electron chi connectivity index (χ3n) is 4.71. The Kier molecular flexibility index (Phi) is 5.04. The summed E-state index contributed by atoms with van der Waals surface area (Å²) in [5, 5.41) is 3.67. The molecule has 5 heteroatoms. The van der Waals surface area contributed by atoms with Crippen LogP contribution in [0.3, 0.4) is 0 Å². The molecule has 28 heavy (non-hydrogen) atoms. The van der Waals surface area contributed by atoms with Gasteiger partial charge in [0.2, 0.25) is 0 Å². The molecule has 1 heterocycles. The summed E-state index contributed by atoms with van der Waals surface area (Å²) in [5.41, 5.74) is 3.50. The molecule has 0 aliphatic carbocycles. The zero-order valence-corrected chi connectivity index (χ0v) is 16.1. The molecule has 3 aromatic carbocycles. The fourth-order valence-corrected chi connectivity index (χ4v) is 3.41. The number of carbonyl (C=O) groups is 1. The van der Waals surface area contributed by atoms with Gasteiger partial charge in [0.25, 0.3) is 0 Å². The molecule has 0 bridgehead atoms. The van der Waals surface area contributed by atoms with E-state index in [1.807, 2.05) is 78.9 Å². The first-order chi connectivity index (χ1) is 13.7. The number of nitrogens with one attached hydrogen (secondary N) is 1. The summed E-state index contributed by atoms with van der Waals surface area (Å²) in [5.74, 6) is 0.740. The predicted molar refractivity (Wildman–Crippen MR) is 113 cm³/mol. The average Bonchev–Trinajstić information content (AvgIpc) is 2.74. The number of anilines is 1. The summed E-state index contributed by atoms with van der Waals surface area (Å²) in [6.07, 6.45) is 2.06. The Morgan fingerprint density at radius 2 is 1.61 bits per heavy atom. The third kappa shape index (κ3) is 3.59. The van der Waals surface area contributed by atoms with Crippen LogP contribution in [-0.4, -0.2) is 13.1 Å². The van der Waals surface area contributed by atoms with Crippen molar-refractivity contribution in [1.82, 2.24) is 5.32 Å². The van der Waals surface area contributed by atoms with Crippen molar-refractivity contribution in [3.63, 3.8) is 0 Å². The van der Waals surface area contributed by atoms with Gasteiger partial charge in [0.15, 0.2) is 0 Å². The first-order valence-electron chi connectivity index (χ1n) is 8.92. The van der Waals surface area contributed by atoms with Crippen LogP contribution in [0.2, 0.25) is 5.02 Å². The highest BCUT2D eigenvalue weighted by Gasteiger charge is 2.31. The van der Waals surface area contributed by atoms with E-state index in [4.69, 9.17) is 16.3 Å². The fraction of sp³-hybridized carbons (Fsp3) is 0.0870. The minimum absolute atomic E-state index is 0.188. The zero-order valence-electron chi connectivity index (χ0n) is 15.3. The Hall–Kier alpha value is -3.24. The molecule has 0 saturated heterocycles. The lowest BCUT2D eigenvalue weighted by Gasteiger charge is -2.35. The van der Waals surface area contributed by atoms with Gasteiger partial charge in [-0.25, -0.2) is 4.79 Å². The maximum Gasteiger partial charge on any atom is 0.327 e. The molecular weight excluding hydrogens is 372 g/mol. The lowest BCUT2D eigenvalue weighted by Crippen LogP contribution is -2.45. The van der Waals surface area contributed by atoms with Crippen molar-refractivity contribution in [3.05, 3.63) is 101 Å². The highest BCUT2D eigenvalue weighted by atomic mass is 35.5. The molecule has 1 unspecified atom stereocenters. The predicted octanol–water partition coefficient (Wildman–Crippen LogP) is 5.66. The minimum Gasteiger partial charge on any atom is -0.497 e. The Balaban J connectivity index is 1.80. The van der Waals surface area contributed by atoms with Gasteiger partial charge in [0, 0.05) is 16.4 Å². The molecule has 1 atom stereocenters. The molecule has 1 N–H and O–H groups in total. The molecular formula is C23H19ClN2O2. The number of hydrogen-bond donors (Lipinski definition) is 1. The van der Waals surface area contributed by atoms with Gasteiger partial charge >= 0.3 is 6.03 Å². The molecule has 2 amide bonds. The fourth-order valence-electron chi connectivity index (χ4n) is 3.29. The summed E-state index contributed by atoms with van der Waals surface area (Å²) in [6, 6.07) is 24.4. The molecule has 0 spiro atoms. The lowest BCUT2D eigenvalue weighted by atomic mass is 9.99. The van der Waals surface area contributed by atoms with Crippen molar-refractivity contribution in [3.8, 4) is 5.75 Å². The average molecular weight is 391 g/mol. The van der Waals surface area contributed by atoms with Gasteiger partial charge in [0.1, 0.15) is 5.75 Å². The minimum atomic E-state index is -0.269. The van der Waals surface area contributed by atoms with Crippen LogP contribution in [0.15, 0.2) is 84.9 Å². The van der Waals surface area contributed by atoms with Crippen LogP contribution in [0.5, 0.6) is 5.75 Å². The smallest absolute Gasteiger partial charge is 0.327 e. The number of rotatable bonds is 4. The number of benzene rings is 3. The second-order valence-corrected chi connectivity index (χ2v) is 6.88. The van der Waals surface area contributed by atoms with E-state index in [0.717, 1.165) is 28.3 Å². The number of methoxy groups -OCH3 is 1. The largest absolute Gasteiger partial charge is 0.497 e. The Labute approximate surface area is 169 Å². The molecule has 4 rings (SSSR count). The van der Waals surface area contributed by atoms with E-state index in [0.29, 0.717) is 5.02 Å². The Morgan fingerprint density at radius 3 is 2.25 bits per heavy atom. The van der Waals surface area contributed by atoms with E-state index in [9.17, 15) is 4.79 Å². The number of urea groups is 1. The normalized spacial score (nSPS) is 16.4. The van der Waals surface area contributed by atoms with Gasteiger partial charge in [-0.15, -0.1) is 0 Å². The number of amides is 2. The van der Waals surface area contributed by atoms with Crippen LogP contribution in [0, 0.1) is 0 Å². The monoisotopic (exact) mass is 390 g/mol. The first-order valence-corrected chi connectivity index (χ1v) is 9.30. The summed E-state index contributed by atoms with van der Waals surface area (Å²) in [7, 11) is 1.62. The van der Waals surface area contributed by atoms with Gasteiger partial charge < -0.3 is 10.1 Å². The van der Waals surface area contributed by atoms with Crippen molar-refractivity contribution in [2.24, 2.45) is 0 Å². The van der Waals surface area contributed by atoms with E-state index in [-0.39, 0.29) is 12.1 Å². The summed E-state index contributed by atoms with van der Waals surface area (Å²) >= 11 is 6.07. The molecule has 140 valence electrons. The van der Waals surface area contributed by atoms with Crippen LogP contribution in [0.25, 0.3) is 5.70 Å². The number of nitrogens with zero attached hydrogens (tertiary/aromatic N) is 1. The van der Waals surface area contributed by atoms with E-state index >= 15 is 0 Å². The number of carbonyl (C=O) groups excluding carboxylic acids is 1. The maximum atomic E-state index is 13.1. The van der Waals surface area contributed by atoms with Crippen LogP contribution in [0.1, 0.15) is 17.2 Å². The molecule has 0 saturated carbocycles. The van der Waals surface area contributed by atoms with Crippen LogP contribution < -0.4 is 15.0 Å². The summed E-state index contributed by atoms with van der Waals surface area (Å²) < 4.78 is 5.24.